The smallest absolute Gasteiger partial charge is 0.341 e. The number of nitrogens with one attached hydrogen (secondary N) is 1. The van der Waals surface area contributed by atoms with E-state index in [9.17, 15) is 13.2 Å². The largest absolute Gasteiger partial charge is 0.490 e. The molecule has 0 unspecified atom stereocenters. The van der Waals surface area contributed by atoms with Crippen LogP contribution in [0.4, 0.5) is 5.69 Å². The highest BCUT2D eigenvalue weighted by Gasteiger charge is 2.17. The SMILES string of the molecule is CCCOc1ccc(NS(=O)(=O)c2ccc(OCC(=O)O)c(C)c2)cc1OCCC. The van der Waals surface area contributed by atoms with Crippen LogP contribution in [0.15, 0.2) is 41.3 Å². The molecule has 164 valence electrons. The van der Waals surface area contributed by atoms with E-state index < -0.39 is 22.6 Å². The van der Waals surface area contributed by atoms with E-state index in [1.807, 2.05) is 13.8 Å². The summed E-state index contributed by atoms with van der Waals surface area (Å²) < 4.78 is 44.6. The molecule has 0 aromatic heterocycles. The highest BCUT2D eigenvalue weighted by molar-refractivity contribution is 7.92. The topological polar surface area (TPSA) is 111 Å². The highest BCUT2D eigenvalue weighted by atomic mass is 32.2. The van der Waals surface area contributed by atoms with Crippen molar-refractivity contribution >= 4 is 21.7 Å². The van der Waals surface area contributed by atoms with E-state index in [4.69, 9.17) is 19.3 Å². The van der Waals surface area contributed by atoms with Crippen LogP contribution in [0.2, 0.25) is 0 Å². The molecular formula is C21H27NO7S. The molecule has 2 aromatic carbocycles. The van der Waals surface area contributed by atoms with Crippen molar-refractivity contribution in [2.75, 3.05) is 24.5 Å². The number of rotatable bonds is 12. The van der Waals surface area contributed by atoms with E-state index in [0.29, 0.717) is 41.7 Å². The maximum Gasteiger partial charge on any atom is 0.341 e. The second-order valence-electron chi connectivity index (χ2n) is 6.57. The average molecular weight is 438 g/mol. The first kappa shape index (κ1) is 23.3. The van der Waals surface area contributed by atoms with E-state index in [0.717, 1.165) is 12.8 Å². The second kappa shape index (κ2) is 10.7. The molecule has 0 radical (unpaired) electrons. The van der Waals surface area contributed by atoms with Crippen molar-refractivity contribution in [3.8, 4) is 17.2 Å². The Morgan fingerprint density at radius 3 is 2.17 bits per heavy atom. The third-order valence-corrected chi connectivity index (χ3v) is 5.31. The Bertz CT molecular complexity index is 973. The van der Waals surface area contributed by atoms with E-state index in [1.54, 1.807) is 25.1 Å². The molecule has 0 saturated heterocycles. The van der Waals surface area contributed by atoms with Crippen LogP contribution < -0.4 is 18.9 Å². The Morgan fingerprint density at radius 1 is 0.933 bits per heavy atom. The van der Waals surface area contributed by atoms with Gasteiger partial charge in [0.2, 0.25) is 0 Å². The van der Waals surface area contributed by atoms with Gasteiger partial charge in [-0.15, -0.1) is 0 Å². The molecule has 0 heterocycles. The van der Waals surface area contributed by atoms with Crippen molar-refractivity contribution in [3.05, 3.63) is 42.0 Å². The molecule has 2 aromatic rings. The molecule has 9 heteroatoms. The Morgan fingerprint density at radius 2 is 1.57 bits per heavy atom. The first-order chi connectivity index (χ1) is 14.3. The number of hydrogen-bond acceptors (Lipinski definition) is 6. The number of benzene rings is 2. The van der Waals surface area contributed by atoms with Crippen LogP contribution in [-0.2, 0) is 14.8 Å². The molecule has 0 amide bonds. The molecule has 0 bridgehead atoms. The fraction of sp³-hybridized carbons (Fsp3) is 0.381. The summed E-state index contributed by atoms with van der Waals surface area (Å²) in [5.41, 5.74) is 0.850. The van der Waals surface area contributed by atoms with Crippen LogP contribution in [0, 0.1) is 6.92 Å². The Balaban J connectivity index is 2.23. The van der Waals surface area contributed by atoms with E-state index in [2.05, 4.69) is 4.72 Å². The zero-order valence-corrected chi connectivity index (χ0v) is 18.1. The van der Waals surface area contributed by atoms with Crippen LogP contribution >= 0.6 is 0 Å². The van der Waals surface area contributed by atoms with Crippen LogP contribution in [0.5, 0.6) is 17.2 Å². The van der Waals surface area contributed by atoms with Gasteiger partial charge >= 0.3 is 5.97 Å². The molecule has 0 saturated carbocycles. The number of ether oxygens (including phenoxy) is 3. The molecule has 0 spiro atoms. The molecule has 30 heavy (non-hydrogen) atoms. The van der Waals surface area contributed by atoms with Crippen molar-refractivity contribution in [2.45, 2.75) is 38.5 Å². The number of aryl methyl sites for hydroxylation is 1. The minimum atomic E-state index is -3.87. The van der Waals surface area contributed by atoms with Crippen LogP contribution in [-0.4, -0.2) is 39.3 Å². The zero-order chi connectivity index (χ0) is 22.1. The summed E-state index contributed by atoms with van der Waals surface area (Å²) in [5.74, 6) is 0.229. The predicted molar refractivity (Wildman–Crippen MR) is 113 cm³/mol. The van der Waals surface area contributed by atoms with Gasteiger partial charge in [0.05, 0.1) is 23.8 Å². The number of anilines is 1. The third-order valence-electron chi connectivity index (χ3n) is 3.93. The summed E-state index contributed by atoms with van der Waals surface area (Å²) in [7, 11) is -3.87. The summed E-state index contributed by atoms with van der Waals surface area (Å²) in [4.78, 5) is 10.7. The van der Waals surface area contributed by atoms with Gasteiger partial charge < -0.3 is 19.3 Å². The van der Waals surface area contributed by atoms with Gasteiger partial charge in [-0.3, -0.25) is 4.72 Å². The second-order valence-corrected chi connectivity index (χ2v) is 8.26. The molecule has 0 fully saturated rings. The van der Waals surface area contributed by atoms with Gasteiger partial charge in [-0.25, -0.2) is 13.2 Å². The summed E-state index contributed by atoms with van der Waals surface area (Å²) >= 11 is 0. The fourth-order valence-electron chi connectivity index (χ4n) is 2.53. The lowest BCUT2D eigenvalue weighted by Crippen LogP contribution is -2.14. The minimum Gasteiger partial charge on any atom is -0.490 e. The lowest BCUT2D eigenvalue weighted by molar-refractivity contribution is -0.139. The van der Waals surface area contributed by atoms with Crippen LogP contribution in [0.3, 0.4) is 0 Å². The van der Waals surface area contributed by atoms with Gasteiger partial charge in [-0.2, -0.15) is 0 Å². The van der Waals surface area contributed by atoms with Gasteiger partial charge in [-0.05, 0) is 55.7 Å². The number of sulfonamides is 1. The molecule has 2 N–H and O–H groups in total. The van der Waals surface area contributed by atoms with Gasteiger partial charge in [0.1, 0.15) is 5.75 Å². The molecule has 0 aliphatic heterocycles. The van der Waals surface area contributed by atoms with Crippen molar-refractivity contribution in [3.63, 3.8) is 0 Å². The first-order valence-electron chi connectivity index (χ1n) is 9.64. The quantitative estimate of drug-likeness (QED) is 0.519. The average Bonchev–Trinajstić information content (AvgIpc) is 2.70. The van der Waals surface area contributed by atoms with Crippen molar-refractivity contribution in [2.24, 2.45) is 0 Å². The summed E-state index contributed by atoms with van der Waals surface area (Å²) in [6.45, 7) is 6.13. The molecule has 0 atom stereocenters. The lowest BCUT2D eigenvalue weighted by atomic mass is 10.2. The standard InChI is InChI=1S/C21H27NO7S/c1-4-10-27-19-8-6-16(13-20(19)28-11-5-2)22-30(25,26)17-7-9-18(15(3)12-17)29-14-21(23)24/h6-9,12-13,22H,4-5,10-11,14H2,1-3H3,(H,23,24). The predicted octanol–water partition coefficient (Wildman–Crippen LogP) is 3.84. The minimum absolute atomic E-state index is 0.0324. The van der Waals surface area contributed by atoms with E-state index >= 15 is 0 Å². The Kier molecular flexibility index (Phi) is 8.35. The molecule has 0 aliphatic rings. The first-order valence-corrected chi connectivity index (χ1v) is 11.1. The van der Waals surface area contributed by atoms with E-state index in [-0.39, 0.29) is 4.90 Å². The van der Waals surface area contributed by atoms with Crippen LogP contribution in [0.1, 0.15) is 32.3 Å². The molecule has 2 rings (SSSR count). The van der Waals surface area contributed by atoms with Crippen molar-refractivity contribution in [1.29, 1.82) is 0 Å². The number of carboxylic acids is 1. The number of aliphatic carboxylic acids is 1. The summed E-state index contributed by atoms with van der Waals surface area (Å²) in [6, 6.07) is 9.09. The van der Waals surface area contributed by atoms with Gasteiger partial charge in [0.25, 0.3) is 10.0 Å². The zero-order valence-electron chi connectivity index (χ0n) is 17.3. The Labute approximate surface area is 176 Å². The normalized spacial score (nSPS) is 11.0. The van der Waals surface area contributed by atoms with Gasteiger partial charge in [-0.1, -0.05) is 13.8 Å². The number of carbonyl (C=O) groups is 1. The van der Waals surface area contributed by atoms with Gasteiger partial charge in [0, 0.05) is 6.07 Å². The molecular weight excluding hydrogens is 410 g/mol. The van der Waals surface area contributed by atoms with E-state index in [1.165, 1.54) is 18.2 Å². The monoisotopic (exact) mass is 437 g/mol. The number of hydrogen-bond donors (Lipinski definition) is 2. The van der Waals surface area contributed by atoms with Gasteiger partial charge in [0.15, 0.2) is 18.1 Å². The molecule has 8 nitrogen and oxygen atoms in total. The Hall–Kier alpha value is -2.94. The summed E-state index contributed by atoms with van der Waals surface area (Å²) in [6.07, 6.45) is 1.64. The lowest BCUT2D eigenvalue weighted by Gasteiger charge is -2.15. The van der Waals surface area contributed by atoms with Crippen molar-refractivity contribution in [1.82, 2.24) is 0 Å². The fourth-order valence-corrected chi connectivity index (χ4v) is 3.67. The van der Waals surface area contributed by atoms with Crippen LogP contribution in [0.25, 0.3) is 0 Å². The maximum absolute atomic E-state index is 12.8. The number of carboxylic acid groups (broad SMARTS) is 1. The van der Waals surface area contributed by atoms with Crippen molar-refractivity contribution < 1.29 is 32.5 Å². The molecule has 0 aliphatic carbocycles. The maximum atomic E-state index is 12.8. The highest BCUT2D eigenvalue weighted by Crippen LogP contribution is 2.32. The third kappa shape index (κ3) is 6.55. The summed E-state index contributed by atoms with van der Waals surface area (Å²) in [5, 5.41) is 8.71.